The summed E-state index contributed by atoms with van der Waals surface area (Å²) >= 11 is 4.85. The van der Waals surface area contributed by atoms with Gasteiger partial charge in [0.05, 0.1) is 6.10 Å². The third kappa shape index (κ3) is 3.29. The normalized spacial score (nSPS) is 22.9. The van der Waals surface area contributed by atoms with Gasteiger partial charge in [-0.15, -0.1) is 0 Å². The molecule has 1 saturated heterocycles. The predicted molar refractivity (Wildman–Crippen MR) is 77.6 cm³/mol. The number of likely N-dealkylation sites (N-methyl/N-ethyl adjacent to an activating group) is 1. The smallest absolute Gasteiger partial charge is 0.133 e. The summed E-state index contributed by atoms with van der Waals surface area (Å²) in [6, 6.07) is 5.33. The Balaban J connectivity index is 2.10. The Labute approximate surface area is 118 Å². The molecule has 2 atom stereocenters. The van der Waals surface area contributed by atoms with Crippen LogP contribution in [0, 0.1) is 5.82 Å². The zero-order valence-corrected chi connectivity index (χ0v) is 12.0. The fourth-order valence-corrected chi connectivity index (χ4v) is 2.72. The van der Waals surface area contributed by atoms with E-state index in [9.17, 15) is 4.39 Å². The number of hydrogen-bond acceptors (Lipinski definition) is 3. The first-order valence-electron chi connectivity index (χ1n) is 6.39. The zero-order valence-electron chi connectivity index (χ0n) is 11.2. The van der Waals surface area contributed by atoms with Crippen molar-refractivity contribution in [3.05, 3.63) is 35.1 Å². The van der Waals surface area contributed by atoms with Crippen molar-refractivity contribution < 1.29 is 9.13 Å². The van der Waals surface area contributed by atoms with Crippen molar-refractivity contribution in [1.82, 2.24) is 4.90 Å². The highest BCUT2D eigenvalue weighted by molar-refractivity contribution is 7.80. The summed E-state index contributed by atoms with van der Waals surface area (Å²) in [5.74, 6) is -0.364. The molecule has 1 aliphatic rings. The fourth-order valence-electron chi connectivity index (χ4n) is 2.56. The van der Waals surface area contributed by atoms with Gasteiger partial charge in [0.2, 0.25) is 0 Å². The van der Waals surface area contributed by atoms with Crippen molar-refractivity contribution in [2.45, 2.75) is 32.0 Å². The Morgan fingerprint density at radius 2 is 2.32 bits per heavy atom. The van der Waals surface area contributed by atoms with Crippen LogP contribution in [0.5, 0.6) is 0 Å². The number of nitrogens with two attached hydrogens (primary N) is 1. The minimum Gasteiger partial charge on any atom is -0.389 e. The number of ether oxygens (including phenoxy) is 1. The van der Waals surface area contributed by atoms with E-state index in [2.05, 4.69) is 18.9 Å². The van der Waals surface area contributed by atoms with Crippen LogP contribution >= 0.6 is 12.2 Å². The molecule has 1 heterocycles. The lowest BCUT2D eigenvalue weighted by molar-refractivity contribution is 0.0814. The van der Waals surface area contributed by atoms with Crippen LogP contribution in [0.15, 0.2) is 18.2 Å². The van der Waals surface area contributed by atoms with Crippen LogP contribution in [0.2, 0.25) is 0 Å². The van der Waals surface area contributed by atoms with E-state index in [-0.39, 0.29) is 16.9 Å². The number of nitrogens with zero attached hydrogens (tertiary/aromatic N) is 1. The Bertz CT molecular complexity index is 481. The van der Waals surface area contributed by atoms with Gasteiger partial charge in [-0.25, -0.2) is 4.39 Å². The highest BCUT2D eigenvalue weighted by Crippen LogP contribution is 2.20. The minimum absolute atomic E-state index is 0.0968. The molecule has 19 heavy (non-hydrogen) atoms. The lowest BCUT2D eigenvalue weighted by Gasteiger charge is -2.26. The van der Waals surface area contributed by atoms with Crippen LogP contribution in [0.1, 0.15) is 24.5 Å². The van der Waals surface area contributed by atoms with Crippen molar-refractivity contribution in [1.29, 1.82) is 0 Å². The van der Waals surface area contributed by atoms with E-state index in [0.717, 1.165) is 25.1 Å². The first-order chi connectivity index (χ1) is 8.99. The Hall–Kier alpha value is -1.04. The molecule has 104 valence electrons. The molecule has 1 aromatic carbocycles. The zero-order chi connectivity index (χ0) is 14.0. The molecule has 0 radical (unpaired) electrons. The molecule has 5 heteroatoms. The Morgan fingerprint density at radius 3 is 2.89 bits per heavy atom. The van der Waals surface area contributed by atoms with E-state index in [4.69, 9.17) is 22.7 Å². The van der Waals surface area contributed by atoms with E-state index in [1.807, 2.05) is 0 Å². The second-order valence-electron chi connectivity index (χ2n) is 5.03. The lowest BCUT2D eigenvalue weighted by Crippen LogP contribution is -2.36. The molecule has 0 amide bonds. The predicted octanol–water partition coefficient (Wildman–Crippen LogP) is 2.07. The summed E-state index contributed by atoms with van der Waals surface area (Å²) in [5.41, 5.74) is 6.84. The average Bonchev–Trinajstić information content (AvgIpc) is 2.77. The average molecular weight is 282 g/mol. The van der Waals surface area contributed by atoms with Gasteiger partial charge >= 0.3 is 0 Å². The van der Waals surface area contributed by atoms with Crippen LogP contribution in [-0.2, 0) is 11.3 Å². The molecule has 0 bridgehead atoms. The van der Waals surface area contributed by atoms with E-state index in [0.29, 0.717) is 11.6 Å². The number of halogens is 1. The molecule has 2 rings (SSSR count). The number of hydrogen-bond donors (Lipinski definition) is 1. The Morgan fingerprint density at radius 1 is 1.58 bits per heavy atom. The van der Waals surface area contributed by atoms with Gasteiger partial charge in [-0.05, 0) is 38.1 Å². The quantitative estimate of drug-likeness (QED) is 0.858. The molecule has 2 unspecified atom stereocenters. The second kappa shape index (κ2) is 5.94. The van der Waals surface area contributed by atoms with E-state index >= 15 is 0 Å². The van der Waals surface area contributed by atoms with Gasteiger partial charge in [-0.2, -0.15) is 0 Å². The summed E-state index contributed by atoms with van der Waals surface area (Å²) in [6.07, 6.45) is 1.27. The largest absolute Gasteiger partial charge is 0.389 e. The first-order valence-corrected chi connectivity index (χ1v) is 6.80. The van der Waals surface area contributed by atoms with Crippen LogP contribution in [0.4, 0.5) is 4.39 Å². The van der Waals surface area contributed by atoms with Crippen LogP contribution < -0.4 is 5.73 Å². The summed E-state index contributed by atoms with van der Waals surface area (Å²) in [4.78, 5) is 2.33. The molecular formula is C14H19FN2OS. The van der Waals surface area contributed by atoms with Crippen molar-refractivity contribution >= 4 is 17.2 Å². The molecular weight excluding hydrogens is 263 g/mol. The third-order valence-electron chi connectivity index (χ3n) is 3.63. The van der Waals surface area contributed by atoms with Gasteiger partial charge in [0.1, 0.15) is 10.8 Å². The molecule has 1 aromatic rings. The molecule has 1 fully saturated rings. The van der Waals surface area contributed by atoms with Crippen LogP contribution in [0.25, 0.3) is 0 Å². The molecule has 3 nitrogen and oxygen atoms in total. The topological polar surface area (TPSA) is 38.5 Å². The summed E-state index contributed by atoms with van der Waals surface area (Å²) in [5, 5.41) is 0. The summed E-state index contributed by atoms with van der Waals surface area (Å²) < 4.78 is 19.1. The lowest BCUT2D eigenvalue weighted by atomic mass is 10.1. The van der Waals surface area contributed by atoms with Crippen molar-refractivity contribution in [3.63, 3.8) is 0 Å². The molecule has 2 N–H and O–H groups in total. The number of thiocarbonyl (C=S) groups is 1. The van der Waals surface area contributed by atoms with Gasteiger partial charge in [0.25, 0.3) is 0 Å². The van der Waals surface area contributed by atoms with Gasteiger partial charge in [0, 0.05) is 24.8 Å². The van der Waals surface area contributed by atoms with Gasteiger partial charge in [0.15, 0.2) is 0 Å². The fraction of sp³-hybridized carbons (Fsp3) is 0.500. The van der Waals surface area contributed by atoms with Crippen LogP contribution in [-0.4, -0.2) is 35.7 Å². The number of rotatable bonds is 4. The highest BCUT2D eigenvalue weighted by Gasteiger charge is 2.27. The molecule has 0 saturated carbocycles. The van der Waals surface area contributed by atoms with Crippen molar-refractivity contribution in [2.75, 3.05) is 13.7 Å². The maximum Gasteiger partial charge on any atom is 0.133 e. The second-order valence-corrected chi connectivity index (χ2v) is 5.47. The Kier molecular flexibility index (Phi) is 4.50. The third-order valence-corrected chi connectivity index (χ3v) is 3.85. The molecule has 0 aromatic heterocycles. The monoisotopic (exact) mass is 282 g/mol. The highest BCUT2D eigenvalue weighted by atomic mass is 32.1. The first kappa shape index (κ1) is 14.4. The standard InChI is InChI=1S/C14H19FN2OS/c1-9-13(5-6-18-9)17(2)8-10-3-4-12(15)11(7-10)14(16)19/h3-4,7,9,13H,5-6,8H2,1-2H3,(H2,16,19). The minimum atomic E-state index is -0.364. The van der Waals surface area contributed by atoms with Gasteiger partial charge in [-0.1, -0.05) is 18.3 Å². The van der Waals surface area contributed by atoms with Gasteiger partial charge in [-0.3, -0.25) is 4.90 Å². The van der Waals surface area contributed by atoms with Crippen LogP contribution in [0.3, 0.4) is 0 Å². The van der Waals surface area contributed by atoms with Crippen molar-refractivity contribution in [3.8, 4) is 0 Å². The number of benzene rings is 1. The molecule has 1 aliphatic heterocycles. The van der Waals surface area contributed by atoms with Gasteiger partial charge < -0.3 is 10.5 Å². The van der Waals surface area contributed by atoms with E-state index in [1.54, 1.807) is 12.1 Å². The van der Waals surface area contributed by atoms with E-state index in [1.165, 1.54) is 6.07 Å². The SMILES string of the molecule is CC1OCCC1N(C)Cc1ccc(F)c(C(N)=S)c1. The molecule has 0 spiro atoms. The summed E-state index contributed by atoms with van der Waals surface area (Å²) in [6.45, 7) is 3.62. The maximum absolute atomic E-state index is 13.5. The van der Waals surface area contributed by atoms with E-state index < -0.39 is 0 Å². The van der Waals surface area contributed by atoms with Crippen molar-refractivity contribution in [2.24, 2.45) is 5.73 Å². The molecule has 0 aliphatic carbocycles. The maximum atomic E-state index is 13.5. The summed E-state index contributed by atoms with van der Waals surface area (Å²) in [7, 11) is 2.06.